The summed E-state index contributed by atoms with van der Waals surface area (Å²) in [5, 5.41) is 3.33. The lowest BCUT2D eigenvalue weighted by Gasteiger charge is -2.34. The van der Waals surface area contributed by atoms with Crippen LogP contribution in [0.3, 0.4) is 0 Å². The summed E-state index contributed by atoms with van der Waals surface area (Å²) in [5.74, 6) is 0.225. The Balaban J connectivity index is 1.90. The summed E-state index contributed by atoms with van der Waals surface area (Å²) in [6.45, 7) is 4.75. The lowest BCUT2D eigenvalue weighted by molar-refractivity contribution is 0.0654. The molecule has 18 heavy (non-hydrogen) atoms. The molecule has 1 fully saturated rings. The van der Waals surface area contributed by atoms with Crippen molar-refractivity contribution in [2.24, 2.45) is 0 Å². The third kappa shape index (κ3) is 1.93. The van der Waals surface area contributed by atoms with Gasteiger partial charge in [-0.15, -0.1) is 0 Å². The van der Waals surface area contributed by atoms with Gasteiger partial charge in [-0.05, 0) is 43.4 Å². The quantitative estimate of drug-likeness (QED) is 0.814. The molecule has 1 atom stereocenters. The van der Waals surface area contributed by atoms with E-state index in [1.165, 1.54) is 17.5 Å². The molecular weight excluding hydrogens is 224 g/mol. The van der Waals surface area contributed by atoms with Crippen LogP contribution in [0.4, 0.5) is 0 Å². The van der Waals surface area contributed by atoms with Crippen molar-refractivity contribution in [3.63, 3.8) is 0 Å². The number of amides is 1. The molecule has 2 aliphatic rings. The standard InChI is InChI=1S/C15H20N2O/c1-11-10-16-8-9-17(11)15(18)14-7-3-5-12-4-2-6-13(12)14/h3,5,7,11,16H,2,4,6,8-10H2,1H3. The molecule has 3 rings (SSSR count). The van der Waals surface area contributed by atoms with E-state index >= 15 is 0 Å². The van der Waals surface area contributed by atoms with Crippen LogP contribution in [0, 0.1) is 0 Å². The van der Waals surface area contributed by atoms with E-state index in [1.54, 1.807) is 0 Å². The van der Waals surface area contributed by atoms with Gasteiger partial charge in [0.25, 0.3) is 5.91 Å². The number of hydrogen-bond donors (Lipinski definition) is 1. The average molecular weight is 244 g/mol. The molecule has 3 heteroatoms. The van der Waals surface area contributed by atoms with Gasteiger partial charge in [0.15, 0.2) is 0 Å². The smallest absolute Gasteiger partial charge is 0.254 e. The molecule has 0 bridgehead atoms. The number of hydrogen-bond acceptors (Lipinski definition) is 2. The number of carbonyl (C=O) groups excluding carboxylic acids is 1. The van der Waals surface area contributed by atoms with Gasteiger partial charge in [0.1, 0.15) is 0 Å². The van der Waals surface area contributed by atoms with Gasteiger partial charge in [0, 0.05) is 31.2 Å². The molecule has 1 heterocycles. The molecule has 1 aromatic rings. The van der Waals surface area contributed by atoms with Crippen molar-refractivity contribution < 1.29 is 4.79 Å². The number of rotatable bonds is 1. The van der Waals surface area contributed by atoms with E-state index in [-0.39, 0.29) is 5.91 Å². The molecule has 1 saturated heterocycles. The molecule has 1 aliphatic carbocycles. The summed E-state index contributed by atoms with van der Waals surface area (Å²) in [7, 11) is 0. The van der Waals surface area contributed by atoms with E-state index < -0.39 is 0 Å². The number of nitrogens with one attached hydrogen (secondary N) is 1. The first-order valence-electron chi connectivity index (χ1n) is 6.90. The zero-order chi connectivity index (χ0) is 12.5. The molecule has 0 radical (unpaired) electrons. The number of benzene rings is 1. The molecule has 1 unspecified atom stereocenters. The van der Waals surface area contributed by atoms with Crippen molar-refractivity contribution in [1.82, 2.24) is 10.2 Å². The first kappa shape index (κ1) is 11.7. The number of piperazine rings is 1. The van der Waals surface area contributed by atoms with Crippen LogP contribution in [0.25, 0.3) is 0 Å². The van der Waals surface area contributed by atoms with Crippen LogP contribution in [0.2, 0.25) is 0 Å². The van der Waals surface area contributed by atoms with Crippen LogP contribution >= 0.6 is 0 Å². The molecule has 0 spiro atoms. The Hall–Kier alpha value is -1.35. The van der Waals surface area contributed by atoms with Gasteiger partial charge in [-0.1, -0.05) is 12.1 Å². The Labute approximate surface area is 108 Å². The number of carbonyl (C=O) groups is 1. The summed E-state index contributed by atoms with van der Waals surface area (Å²) in [6.07, 6.45) is 3.39. The van der Waals surface area contributed by atoms with Crippen LogP contribution in [0.15, 0.2) is 18.2 Å². The lowest BCUT2D eigenvalue weighted by atomic mass is 10.0. The Bertz CT molecular complexity index is 470. The third-order valence-corrected chi connectivity index (χ3v) is 4.14. The topological polar surface area (TPSA) is 32.3 Å². The molecule has 0 aromatic heterocycles. The second kappa shape index (κ2) is 4.73. The maximum atomic E-state index is 12.7. The molecule has 96 valence electrons. The highest BCUT2D eigenvalue weighted by atomic mass is 16.2. The van der Waals surface area contributed by atoms with Gasteiger partial charge in [-0.3, -0.25) is 4.79 Å². The zero-order valence-corrected chi connectivity index (χ0v) is 10.9. The highest BCUT2D eigenvalue weighted by molar-refractivity contribution is 5.96. The molecule has 0 saturated carbocycles. The monoisotopic (exact) mass is 244 g/mol. The summed E-state index contributed by atoms with van der Waals surface area (Å²) in [5.41, 5.74) is 3.62. The largest absolute Gasteiger partial charge is 0.333 e. The molecule has 1 amide bonds. The van der Waals surface area contributed by atoms with Crippen molar-refractivity contribution in [2.75, 3.05) is 19.6 Å². The fourth-order valence-electron chi connectivity index (χ4n) is 3.12. The minimum atomic E-state index is 0.225. The second-order valence-corrected chi connectivity index (χ2v) is 5.35. The number of nitrogens with zero attached hydrogens (tertiary/aromatic N) is 1. The predicted octanol–water partition coefficient (Wildman–Crippen LogP) is 1.61. The molecule has 1 aromatic carbocycles. The van der Waals surface area contributed by atoms with Crippen molar-refractivity contribution >= 4 is 5.91 Å². The lowest BCUT2D eigenvalue weighted by Crippen LogP contribution is -2.52. The number of aryl methyl sites for hydroxylation is 1. The van der Waals surface area contributed by atoms with Crippen LogP contribution in [0.1, 0.15) is 34.8 Å². The second-order valence-electron chi connectivity index (χ2n) is 5.35. The third-order valence-electron chi connectivity index (χ3n) is 4.14. The fraction of sp³-hybridized carbons (Fsp3) is 0.533. The number of fused-ring (bicyclic) bond motifs is 1. The molecular formula is C15H20N2O. The average Bonchev–Trinajstić information content (AvgIpc) is 2.86. The van der Waals surface area contributed by atoms with E-state index in [4.69, 9.17) is 0 Å². The summed E-state index contributed by atoms with van der Waals surface area (Å²) in [4.78, 5) is 14.7. The summed E-state index contributed by atoms with van der Waals surface area (Å²) < 4.78 is 0. The SMILES string of the molecule is CC1CNCCN1C(=O)c1cccc2c1CCC2. The van der Waals surface area contributed by atoms with E-state index in [0.717, 1.165) is 38.0 Å². The maximum Gasteiger partial charge on any atom is 0.254 e. The van der Waals surface area contributed by atoms with E-state index in [1.807, 2.05) is 17.0 Å². The van der Waals surface area contributed by atoms with Gasteiger partial charge in [0.2, 0.25) is 0 Å². The highest BCUT2D eigenvalue weighted by Gasteiger charge is 2.27. The van der Waals surface area contributed by atoms with Crippen molar-refractivity contribution in [3.05, 3.63) is 34.9 Å². The Morgan fingerprint density at radius 2 is 2.28 bits per heavy atom. The first-order chi connectivity index (χ1) is 8.77. The first-order valence-corrected chi connectivity index (χ1v) is 6.90. The summed E-state index contributed by atoms with van der Waals surface area (Å²) >= 11 is 0. The van der Waals surface area contributed by atoms with E-state index in [9.17, 15) is 4.79 Å². The zero-order valence-electron chi connectivity index (χ0n) is 10.9. The van der Waals surface area contributed by atoms with Crippen LogP contribution in [0.5, 0.6) is 0 Å². The van der Waals surface area contributed by atoms with Crippen LogP contribution in [-0.2, 0) is 12.8 Å². The Kier molecular flexibility index (Phi) is 3.08. The van der Waals surface area contributed by atoms with E-state index in [0.29, 0.717) is 6.04 Å². The molecule has 3 nitrogen and oxygen atoms in total. The maximum absolute atomic E-state index is 12.7. The van der Waals surface area contributed by atoms with Gasteiger partial charge < -0.3 is 10.2 Å². The van der Waals surface area contributed by atoms with Gasteiger partial charge in [0.05, 0.1) is 0 Å². The molecule has 1 aliphatic heterocycles. The van der Waals surface area contributed by atoms with Gasteiger partial charge in [-0.2, -0.15) is 0 Å². The van der Waals surface area contributed by atoms with E-state index in [2.05, 4.69) is 18.3 Å². The van der Waals surface area contributed by atoms with Crippen molar-refractivity contribution in [2.45, 2.75) is 32.2 Å². The predicted molar refractivity (Wildman–Crippen MR) is 71.8 cm³/mol. The Morgan fingerprint density at radius 1 is 1.39 bits per heavy atom. The van der Waals surface area contributed by atoms with Crippen molar-refractivity contribution in [1.29, 1.82) is 0 Å². The van der Waals surface area contributed by atoms with Crippen LogP contribution in [-0.4, -0.2) is 36.5 Å². The van der Waals surface area contributed by atoms with Crippen LogP contribution < -0.4 is 5.32 Å². The fourth-order valence-corrected chi connectivity index (χ4v) is 3.12. The normalized spacial score (nSPS) is 22.9. The van der Waals surface area contributed by atoms with Gasteiger partial charge in [-0.25, -0.2) is 0 Å². The molecule has 1 N–H and O–H groups in total. The highest BCUT2D eigenvalue weighted by Crippen LogP contribution is 2.26. The van der Waals surface area contributed by atoms with Crippen molar-refractivity contribution in [3.8, 4) is 0 Å². The Morgan fingerprint density at radius 3 is 3.11 bits per heavy atom. The van der Waals surface area contributed by atoms with Gasteiger partial charge >= 0.3 is 0 Å². The summed E-state index contributed by atoms with van der Waals surface area (Å²) in [6, 6.07) is 6.50. The minimum absolute atomic E-state index is 0.225. The minimum Gasteiger partial charge on any atom is -0.333 e.